The largest absolute Gasteiger partial charge is 0.473 e. The number of nitrogens with zero attached hydrogens (tertiary/aromatic N) is 3. The van der Waals surface area contributed by atoms with Crippen molar-refractivity contribution in [1.82, 2.24) is 14.9 Å². The third-order valence-corrected chi connectivity index (χ3v) is 2.89. The van der Waals surface area contributed by atoms with Gasteiger partial charge in [0.1, 0.15) is 6.10 Å². The van der Waals surface area contributed by atoms with Gasteiger partial charge in [-0.15, -0.1) is 0 Å². The number of hydrogen-bond acceptors (Lipinski definition) is 4. The van der Waals surface area contributed by atoms with E-state index in [9.17, 15) is 4.79 Å². The van der Waals surface area contributed by atoms with E-state index in [4.69, 9.17) is 4.74 Å². The van der Waals surface area contributed by atoms with Gasteiger partial charge in [-0.2, -0.15) is 0 Å². The summed E-state index contributed by atoms with van der Waals surface area (Å²) in [5, 5.41) is 0. The lowest BCUT2D eigenvalue weighted by Crippen LogP contribution is -2.41. The highest BCUT2D eigenvalue weighted by atomic mass is 16.5. The van der Waals surface area contributed by atoms with Gasteiger partial charge in [0.25, 0.3) is 0 Å². The first kappa shape index (κ1) is 12.5. The van der Waals surface area contributed by atoms with E-state index in [0.29, 0.717) is 5.88 Å². The summed E-state index contributed by atoms with van der Waals surface area (Å²) in [5.41, 5.74) is 0. The minimum absolute atomic E-state index is 0.0791. The maximum Gasteiger partial charge on any atom is 0.246 e. The van der Waals surface area contributed by atoms with Gasteiger partial charge >= 0.3 is 0 Å². The van der Waals surface area contributed by atoms with Gasteiger partial charge < -0.3 is 9.64 Å². The molecular weight excluding hydrogens is 230 g/mol. The van der Waals surface area contributed by atoms with Crippen LogP contribution in [0, 0.1) is 0 Å². The second-order valence-electron chi connectivity index (χ2n) is 4.19. The van der Waals surface area contributed by atoms with Crippen LogP contribution in [0.4, 0.5) is 0 Å². The van der Waals surface area contributed by atoms with Crippen molar-refractivity contribution in [3.05, 3.63) is 30.7 Å². The molecule has 18 heavy (non-hydrogen) atoms. The molecule has 1 aromatic heterocycles. The van der Waals surface area contributed by atoms with Crippen molar-refractivity contribution in [3.63, 3.8) is 0 Å². The summed E-state index contributed by atoms with van der Waals surface area (Å²) in [5.74, 6) is 0.631. The molecule has 5 nitrogen and oxygen atoms in total. The molecule has 1 aliphatic heterocycles. The third kappa shape index (κ3) is 3.29. The van der Waals surface area contributed by atoms with Gasteiger partial charge in [0.2, 0.25) is 11.8 Å². The van der Waals surface area contributed by atoms with Gasteiger partial charge in [-0.05, 0) is 13.0 Å². The molecule has 0 aromatic carbocycles. The van der Waals surface area contributed by atoms with Crippen molar-refractivity contribution in [2.45, 2.75) is 25.9 Å². The molecule has 0 atom stereocenters. The molecule has 0 saturated carbocycles. The number of amides is 1. The van der Waals surface area contributed by atoms with Crippen LogP contribution in [-0.2, 0) is 4.79 Å². The molecule has 0 N–H and O–H groups in total. The summed E-state index contributed by atoms with van der Waals surface area (Å²) in [6.07, 6.45) is 9.99. The predicted octanol–water partition coefficient (Wildman–Crippen LogP) is 1.42. The number of ether oxygens (including phenoxy) is 1. The first-order chi connectivity index (χ1) is 8.79. The van der Waals surface area contributed by atoms with Gasteiger partial charge in [-0.25, -0.2) is 4.98 Å². The fraction of sp³-hybridized carbons (Fsp3) is 0.462. The van der Waals surface area contributed by atoms with Crippen LogP contribution < -0.4 is 4.74 Å². The van der Waals surface area contributed by atoms with E-state index in [1.165, 1.54) is 0 Å². The Labute approximate surface area is 106 Å². The molecule has 0 radical (unpaired) electrons. The Morgan fingerprint density at radius 1 is 1.44 bits per heavy atom. The zero-order valence-corrected chi connectivity index (χ0v) is 10.5. The lowest BCUT2D eigenvalue weighted by Gasteiger charge is -2.31. The van der Waals surface area contributed by atoms with Gasteiger partial charge in [0.15, 0.2) is 0 Å². The van der Waals surface area contributed by atoms with Crippen LogP contribution in [0.3, 0.4) is 0 Å². The number of likely N-dealkylation sites (tertiary alicyclic amines) is 1. The van der Waals surface area contributed by atoms with Gasteiger partial charge in [0, 0.05) is 38.3 Å². The highest BCUT2D eigenvalue weighted by Crippen LogP contribution is 2.16. The lowest BCUT2D eigenvalue weighted by molar-refractivity contribution is -0.127. The molecule has 1 aliphatic rings. The summed E-state index contributed by atoms with van der Waals surface area (Å²) in [6, 6.07) is 0. The van der Waals surface area contributed by atoms with E-state index in [0.717, 1.165) is 25.9 Å². The number of carbonyl (C=O) groups is 1. The third-order valence-electron chi connectivity index (χ3n) is 2.89. The molecule has 0 bridgehead atoms. The average Bonchev–Trinajstić information content (AvgIpc) is 2.41. The second-order valence-corrected chi connectivity index (χ2v) is 4.19. The molecule has 2 rings (SSSR count). The molecule has 5 heteroatoms. The highest BCUT2D eigenvalue weighted by Gasteiger charge is 2.22. The first-order valence-electron chi connectivity index (χ1n) is 6.14. The van der Waals surface area contributed by atoms with Crippen molar-refractivity contribution in [3.8, 4) is 5.88 Å². The molecule has 0 aliphatic carbocycles. The Morgan fingerprint density at radius 2 is 2.22 bits per heavy atom. The van der Waals surface area contributed by atoms with Crippen LogP contribution in [0.25, 0.3) is 0 Å². The van der Waals surface area contributed by atoms with E-state index in [-0.39, 0.29) is 12.0 Å². The number of allylic oxidation sites excluding steroid dienone is 1. The molecule has 1 aromatic rings. The first-order valence-corrected chi connectivity index (χ1v) is 6.14. The van der Waals surface area contributed by atoms with Crippen molar-refractivity contribution >= 4 is 5.91 Å². The molecule has 0 unspecified atom stereocenters. The monoisotopic (exact) mass is 247 g/mol. The van der Waals surface area contributed by atoms with E-state index >= 15 is 0 Å². The minimum Gasteiger partial charge on any atom is -0.473 e. The molecule has 96 valence electrons. The molecule has 0 spiro atoms. The van der Waals surface area contributed by atoms with Crippen LogP contribution in [0.15, 0.2) is 30.7 Å². The van der Waals surface area contributed by atoms with E-state index in [1.807, 2.05) is 11.8 Å². The SMILES string of the molecule is C/C=C/C(=O)N1CCC(Oc2cnccn2)CC1. The Hall–Kier alpha value is -1.91. The number of piperidine rings is 1. The maximum atomic E-state index is 11.6. The van der Waals surface area contributed by atoms with Crippen molar-refractivity contribution in [2.24, 2.45) is 0 Å². The lowest BCUT2D eigenvalue weighted by atomic mass is 10.1. The summed E-state index contributed by atoms with van der Waals surface area (Å²) in [6.45, 7) is 3.31. The molecule has 1 fully saturated rings. The van der Waals surface area contributed by atoms with Gasteiger partial charge in [-0.3, -0.25) is 9.78 Å². The summed E-state index contributed by atoms with van der Waals surface area (Å²) >= 11 is 0. The quantitative estimate of drug-likeness (QED) is 0.758. The summed E-state index contributed by atoms with van der Waals surface area (Å²) in [4.78, 5) is 21.5. The smallest absolute Gasteiger partial charge is 0.246 e. The van der Waals surface area contributed by atoms with E-state index < -0.39 is 0 Å². The fourth-order valence-electron chi connectivity index (χ4n) is 1.96. The van der Waals surface area contributed by atoms with Crippen molar-refractivity contribution in [2.75, 3.05) is 13.1 Å². The number of carbonyl (C=O) groups excluding carboxylic acids is 1. The predicted molar refractivity (Wildman–Crippen MR) is 67.1 cm³/mol. The van der Waals surface area contributed by atoms with Crippen LogP contribution in [0.2, 0.25) is 0 Å². The second kappa shape index (κ2) is 6.14. The highest BCUT2D eigenvalue weighted by molar-refractivity contribution is 5.87. The Bertz CT molecular complexity index is 412. The minimum atomic E-state index is 0.0791. The summed E-state index contributed by atoms with van der Waals surface area (Å²) in [7, 11) is 0. The van der Waals surface area contributed by atoms with Crippen LogP contribution in [0.1, 0.15) is 19.8 Å². The van der Waals surface area contributed by atoms with Gasteiger partial charge in [0.05, 0.1) is 6.20 Å². The number of aromatic nitrogens is 2. The van der Waals surface area contributed by atoms with Crippen molar-refractivity contribution < 1.29 is 9.53 Å². The normalized spacial score (nSPS) is 17.1. The Morgan fingerprint density at radius 3 is 2.83 bits per heavy atom. The molecule has 2 heterocycles. The molecular formula is C13H17N3O2. The van der Waals surface area contributed by atoms with Gasteiger partial charge in [-0.1, -0.05) is 6.08 Å². The zero-order valence-electron chi connectivity index (χ0n) is 10.5. The van der Waals surface area contributed by atoms with Crippen LogP contribution in [0.5, 0.6) is 5.88 Å². The summed E-state index contributed by atoms with van der Waals surface area (Å²) < 4.78 is 5.71. The van der Waals surface area contributed by atoms with Crippen molar-refractivity contribution in [1.29, 1.82) is 0 Å². The topological polar surface area (TPSA) is 55.3 Å². The Kier molecular flexibility index (Phi) is 4.28. The average molecular weight is 247 g/mol. The molecule has 1 amide bonds. The molecule has 1 saturated heterocycles. The van der Waals surface area contributed by atoms with Crippen LogP contribution >= 0.6 is 0 Å². The maximum absolute atomic E-state index is 11.6. The van der Waals surface area contributed by atoms with E-state index in [2.05, 4.69) is 9.97 Å². The fourth-order valence-corrected chi connectivity index (χ4v) is 1.96. The van der Waals surface area contributed by atoms with Crippen LogP contribution in [-0.4, -0.2) is 40.0 Å². The Balaban J connectivity index is 1.82. The zero-order chi connectivity index (χ0) is 12.8. The standard InChI is InChI=1S/C13H17N3O2/c1-2-3-13(17)16-8-4-11(5-9-16)18-12-10-14-6-7-15-12/h2-3,6-7,10-11H,4-5,8-9H2,1H3/b3-2+. The number of hydrogen-bond donors (Lipinski definition) is 0. The number of rotatable bonds is 3. The van der Waals surface area contributed by atoms with E-state index in [1.54, 1.807) is 30.7 Å².